The number of phenolic OH excluding ortho intramolecular Hbond substituents is 1. The monoisotopic (exact) mass is 401 g/mol. The van der Waals surface area contributed by atoms with Crippen molar-refractivity contribution in [2.75, 3.05) is 19.1 Å². The van der Waals surface area contributed by atoms with Crippen LogP contribution in [0.25, 0.3) is 0 Å². The Morgan fingerprint density at radius 1 is 0.933 bits per heavy atom. The average molecular weight is 401 g/mol. The summed E-state index contributed by atoms with van der Waals surface area (Å²) in [6.07, 6.45) is 0. The standard InChI is InChI=1S/C25H23NO4/c1-14-23(15-8-11-21(27)22(12-15)30-3)19-13-16(29-2)9-10-20(19)26-24(14)17-6-4-5-7-18(17)25(26)28/h4-14,23-24,27H,1-3H3. The zero-order valence-electron chi connectivity index (χ0n) is 17.1. The molecule has 0 aliphatic carbocycles. The minimum absolute atomic E-state index is 0.00445. The van der Waals surface area contributed by atoms with E-state index >= 15 is 0 Å². The molecule has 3 aromatic rings. The van der Waals surface area contributed by atoms with Crippen molar-refractivity contribution in [3.63, 3.8) is 0 Å². The van der Waals surface area contributed by atoms with Gasteiger partial charge in [0.05, 0.1) is 20.3 Å². The summed E-state index contributed by atoms with van der Waals surface area (Å²) >= 11 is 0. The molecule has 30 heavy (non-hydrogen) atoms. The van der Waals surface area contributed by atoms with E-state index in [0.29, 0.717) is 5.75 Å². The molecule has 0 saturated carbocycles. The van der Waals surface area contributed by atoms with Crippen molar-refractivity contribution < 1.29 is 19.4 Å². The largest absolute Gasteiger partial charge is 0.504 e. The third kappa shape index (κ3) is 2.51. The topological polar surface area (TPSA) is 59.0 Å². The van der Waals surface area contributed by atoms with Crippen LogP contribution in [0, 0.1) is 5.92 Å². The van der Waals surface area contributed by atoms with Gasteiger partial charge in [0, 0.05) is 17.2 Å². The zero-order valence-corrected chi connectivity index (χ0v) is 17.1. The first-order valence-electron chi connectivity index (χ1n) is 10.0. The van der Waals surface area contributed by atoms with Gasteiger partial charge in [0.15, 0.2) is 11.5 Å². The number of benzene rings is 3. The summed E-state index contributed by atoms with van der Waals surface area (Å²) in [5, 5.41) is 10.1. The third-order valence-electron chi connectivity index (χ3n) is 6.42. The molecule has 1 amide bonds. The summed E-state index contributed by atoms with van der Waals surface area (Å²) in [5.41, 5.74) is 4.79. The van der Waals surface area contributed by atoms with Gasteiger partial charge in [0.25, 0.3) is 5.91 Å². The maximum Gasteiger partial charge on any atom is 0.259 e. The van der Waals surface area contributed by atoms with Gasteiger partial charge in [-0.2, -0.15) is 0 Å². The maximum absolute atomic E-state index is 13.3. The Morgan fingerprint density at radius 2 is 1.73 bits per heavy atom. The van der Waals surface area contributed by atoms with Gasteiger partial charge < -0.3 is 19.5 Å². The molecule has 2 aliphatic heterocycles. The van der Waals surface area contributed by atoms with Crippen molar-refractivity contribution in [3.05, 3.63) is 82.9 Å². The highest BCUT2D eigenvalue weighted by atomic mass is 16.5. The van der Waals surface area contributed by atoms with E-state index in [9.17, 15) is 9.90 Å². The van der Waals surface area contributed by atoms with Crippen LogP contribution in [0.5, 0.6) is 17.2 Å². The number of hydrogen-bond donors (Lipinski definition) is 1. The quantitative estimate of drug-likeness (QED) is 0.679. The van der Waals surface area contributed by atoms with E-state index in [1.165, 1.54) is 0 Å². The van der Waals surface area contributed by atoms with E-state index in [2.05, 4.69) is 13.0 Å². The van der Waals surface area contributed by atoms with Crippen LogP contribution >= 0.6 is 0 Å². The van der Waals surface area contributed by atoms with Crippen LogP contribution in [0.2, 0.25) is 0 Å². The Morgan fingerprint density at radius 3 is 2.50 bits per heavy atom. The van der Waals surface area contributed by atoms with E-state index in [1.54, 1.807) is 20.3 Å². The fourth-order valence-electron chi connectivity index (χ4n) is 5.09. The van der Waals surface area contributed by atoms with Crippen molar-refractivity contribution in [2.45, 2.75) is 18.9 Å². The summed E-state index contributed by atoms with van der Waals surface area (Å²) < 4.78 is 10.9. The molecule has 0 saturated heterocycles. The Balaban J connectivity index is 1.75. The number of hydrogen-bond acceptors (Lipinski definition) is 4. The van der Waals surface area contributed by atoms with Gasteiger partial charge in [-0.1, -0.05) is 31.2 Å². The first-order valence-corrected chi connectivity index (χ1v) is 10.0. The number of anilines is 1. The van der Waals surface area contributed by atoms with E-state index in [0.717, 1.165) is 33.7 Å². The number of methoxy groups -OCH3 is 2. The predicted molar refractivity (Wildman–Crippen MR) is 115 cm³/mol. The molecule has 3 unspecified atom stereocenters. The van der Waals surface area contributed by atoms with Gasteiger partial charge in [-0.05, 0) is 59.0 Å². The van der Waals surface area contributed by atoms with Crippen LogP contribution in [-0.4, -0.2) is 25.2 Å². The van der Waals surface area contributed by atoms with Crippen LogP contribution in [0.4, 0.5) is 5.69 Å². The van der Waals surface area contributed by atoms with Crippen LogP contribution < -0.4 is 14.4 Å². The molecule has 1 N–H and O–H groups in total. The lowest BCUT2D eigenvalue weighted by atomic mass is 9.73. The molecule has 5 heteroatoms. The van der Waals surface area contributed by atoms with Crippen molar-refractivity contribution in [2.24, 2.45) is 5.92 Å². The molecule has 0 aromatic heterocycles. The fraction of sp³-hybridized carbons (Fsp3) is 0.240. The second-order valence-electron chi connectivity index (χ2n) is 7.90. The number of carbonyl (C=O) groups excluding carboxylic acids is 1. The molecule has 0 bridgehead atoms. The number of carbonyl (C=O) groups is 1. The molecule has 3 atom stereocenters. The molecule has 152 valence electrons. The molecule has 0 fully saturated rings. The first kappa shape index (κ1) is 18.6. The van der Waals surface area contributed by atoms with Gasteiger partial charge in [-0.3, -0.25) is 4.79 Å². The van der Waals surface area contributed by atoms with Crippen molar-refractivity contribution >= 4 is 11.6 Å². The number of ether oxygens (including phenoxy) is 2. The Bertz CT molecular complexity index is 1160. The lowest BCUT2D eigenvalue weighted by Crippen LogP contribution is -2.39. The minimum atomic E-state index is -0.0561. The van der Waals surface area contributed by atoms with Crippen LogP contribution in [0.1, 0.15) is 45.9 Å². The molecule has 5 rings (SSSR count). The van der Waals surface area contributed by atoms with Crippen LogP contribution in [0.15, 0.2) is 60.7 Å². The van der Waals surface area contributed by atoms with Gasteiger partial charge in [-0.15, -0.1) is 0 Å². The molecular weight excluding hydrogens is 378 g/mol. The van der Waals surface area contributed by atoms with E-state index in [4.69, 9.17) is 9.47 Å². The summed E-state index contributed by atoms with van der Waals surface area (Å²) in [5.74, 6) is 1.44. The van der Waals surface area contributed by atoms with E-state index in [-0.39, 0.29) is 29.5 Å². The highest BCUT2D eigenvalue weighted by molar-refractivity contribution is 6.12. The molecule has 2 aliphatic rings. The predicted octanol–water partition coefficient (Wildman–Crippen LogP) is 4.89. The SMILES string of the molecule is COc1ccc2c(c1)C(c1ccc(O)c(OC)c1)C(C)C1c3ccccc3C(=O)N21. The Hall–Kier alpha value is -3.47. The second kappa shape index (κ2) is 6.80. The minimum Gasteiger partial charge on any atom is -0.504 e. The van der Waals surface area contributed by atoms with Crippen LogP contribution in [-0.2, 0) is 0 Å². The smallest absolute Gasteiger partial charge is 0.259 e. The lowest BCUT2D eigenvalue weighted by molar-refractivity contribution is 0.0981. The fourth-order valence-corrected chi connectivity index (χ4v) is 5.09. The molecule has 0 radical (unpaired) electrons. The number of phenols is 1. The molecule has 3 aromatic carbocycles. The number of aromatic hydroxyl groups is 1. The summed E-state index contributed by atoms with van der Waals surface area (Å²) in [7, 11) is 3.19. The number of rotatable bonds is 3. The number of amides is 1. The zero-order chi connectivity index (χ0) is 21.0. The lowest BCUT2D eigenvalue weighted by Gasteiger charge is -2.42. The van der Waals surface area contributed by atoms with Crippen molar-refractivity contribution in [1.82, 2.24) is 0 Å². The van der Waals surface area contributed by atoms with Crippen LogP contribution in [0.3, 0.4) is 0 Å². The second-order valence-corrected chi connectivity index (χ2v) is 7.90. The summed E-state index contributed by atoms with van der Waals surface area (Å²) in [6, 6.07) is 19.2. The Labute approximate surface area is 175 Å². The third-order valence-corrected chi connectivity index (χ3v) is 6.42. The molecule has 0 spiro atoms. The van der Waals surface area contributed by atoms with Crippen molar-refractivity contribution in [3.8, 4) is 17.2 Å². The number of fused-ring (bicyclic) bond motifs is 5. The van der Waals surface area contributed by atoms with Gasteiger partial charge in [0.2, 0.25) is 0 Å². The number of nitrogens with zero attached hydrogens (tertiary/aromatic N) is 1. The summed E-state index contributed by atoms with van der Waals surface area (Å²) in [4.78, 5) is 15.3. The first-order chi connectivity index (χ1) is 14.5. The van der Waals surface area contributed by atoms with Crippen molar-refractivity contribution in [1.29, 1.82) is 0 Å². The highest BCUT2D eigenvalue weighted by Gasteiger charge is 2.48. The average Bonchev–Trinajstić information content (AvgIpc) is 3.08. The molecule has 5 nitrogen and oxygen atoms in total. The molecule has 2 heterocycles. The normalized spacial score (nSPS) is 21.6. The Kier molecular flexibility index (Phi) is 4.21. The van der Waals surface area contributed by atoms with E-state index < -0.39 is 0 Å². The maximum atomic E-state index is 13.3. The van der Waals surface area contributed by atoms with Gasteiger partial charge >= 0.3 is 0 Å². The highest BCUT2D eigenvalue weighted by Crippen LogP contribution is 2.55. The molecular formula is C25H23NO4. The van der Waals surface area contributed by atoms with Gasteiger partial charge in [-0.25, -0.2) is 0 Å². The summed E-state index contributed by atoms with van der Waals surface area (Å²) in [6.45, 7) is 2.18. The van der Waals surface area contributed by atoms with Gasteiger partial charge in [0.1, 0.15) is 5.75 Å². The van der Waals surface area contributed by atoms with E-state index in [1.807, 2.05) is 53.4 Å².